The number of thiol groups is 1. The highest BCUT2D eigenvalue weighted by Gasteiger charge is 2.22. The summed E-state index contributed by atoms with van der Waals surface area (Å²) in [6.45, 7) is 4.37. The molecule has 1 fully saturated rings. The minimum absolute atomic E-state index is 0.278. The van der Waals surface area contributed by atoms with E-state index in [0.29, 0.717) is 0 Å². The van der Waals surface area contributed by atoms with E-state index in [0.717, 1.165) is 13.1 Å². The molecule has 0 unspecified atom stereocenters. The molecule has 0 aromatic rings. The van der Waals surface area contributed by atoms with Crippen LogP contribution in [0, 0.1) is 0 Å². The number of rotatable bonds is 0. The molecule has 1 rings (SSSR count). The summed E-state index contributed by atoms with van der Waals surface area (Å²) in [6, 6.07) is 0. The molecule has 1 aliphatic heterocycles. The topological polar surface area (TPSA) is 12.0 Å². The predicted molar refractivity (Wildman–Crippen MR) is 34.9 cm³/mol. The molecular weight excluding hydrogens is 106 g/mol. The van der Waals surface area contributed by atoms with Gasteiger partial charge in [0.15, 0.2) is 0 Å². The number of nitrogens with one attached hydrogen (secondary N) is 1. The van der Waals surface area contributed by atoms with Crippen LogP contribution >= 0.6 is 12.6 Å². The summed E-state index contributed by atoms with van der Waals surface area (Å²) in [5, 5.41) is 3.24. The van der Waals surface area contributed by atoms with Gasteiger partial charge in [-0.15, -0.1) is 0 Å². The Balaban J connectivity index is 2.40. The van der Waals surface area contributed by atoms with Gasteiger partial charge >= 0.3 is 0 Å². The zero-order valence-corrected chi connectivity index (χ0v) is 5.46. The first-order chi connectivity index (χ1) is 3.21. The van der Waals surface area contributed by atoms with Gasteiger partial charge < -0.3 is 5.32 Å². The van der Waals surface area contributed by atoms with E-state index in [2.05, 4.69) is 24.9 Å². The van der Waals surface area contributed by atoms with Crippen molar-refractivity contribution in [2.24, 2.45) is 0 Å². The molecular formula is C5H11NS. The molecule has 2 heteroatoms. The zero-order valence-electron chi connectivity index (χ0n) is 4.57. The van der Waals surface area contributed by atoms with Gasteiger partial charge in [-0.05, 0) is 19.9 Å². The van der Waals surface area contributed by atoms with Crippen LogP contribution in [0.3, 0.4) is 0 Å². The molecule has 0 aliphatic carbocycles. The van der Waals surface area contributed by atoms with Gasteiger partial charge in [-0.1, -0.05) is 0 Å². The van der Waals surface area contributed by atoms with E-state index in [4.69, 9.17) is 0 Å². The highest BCUT2D eigenvalue weighted by molar-refractivity contribution is 7.81. The minimum Gasteiger partial charge on any atom is -0.315 e. The van der Waals surface area contributed by atoms with Crippen LogP contribution < -0.4 is 5.32 Å². The van der Waals surface area contributed by atoms with E-state index in [1.54, 1.807) is 0 Å². The van der Waals surface area contributed by atoms with Gasteiger partial charge in [0.2, 0.25) is 0 Å². The van der Waals surface area contributed by atoms with Gasteiger partial charge in [-0.3, -0.25) is 0 Å². The Bertz CT molecular complexity index is 62.5. The highest BCUT2D eigenvalue weighted by Crippen LogP contribution is 2.20. The van der Waals surface area contributed by atoms with E-state index in [-0.39, 0.29) is 4.75 Å². The quantitative estimate of drug-likeness (QED) is 0.444. The molecule has 0 radical (unpaired) electrons. The third-order valence-electron chi connectivity index (χ3n) is 1.35. The maximum atomic E-state index is 4.39. The maximum absolute atomic E-state index is 4.39. The molecule has 0 amide bonds. The SMILES string of the molecule is C[C@@]1(S)CCNC1. The largest absolute Gasteiger partial charge is 0.315 e. The fraction of sp³-hybridized carbons (Fsp3) is 1.00. The van der Waals surface area contributed by atoms with E-state index >= 15 is 0 Å². The Morgan fingerprint density at radius 3 is 2.57 bits per heavy atom. The van der Waals surface area contributed by atoms with Crippen molar-refractivity contribution >= 4 is 12.6 Å². The lowest BCUT2D eigenvalue weighted by Gasteiger charge is -2.11. The Hall–Kier alpha value is 0.310. The van der Waals surface area contributed by atoms with Gasteiger partial charge in [0.1, 0.15) is 0 Å². The molecule has 0 aromatic carbocycles. The van der Waals surface area contributed by atoms with Crippen molar-refractivity contribution in [2.45, 2.75) is 18.1 Å². The smallest absolute Gasteiger partial charge is 0.0238 e. The zero-order chi connectivity index (χ0) is 5.33. The average Bonchev–Trinajstić information content (AvgIpc) is 1.84. The summed E-state index contributed by atoms with van der Waals surface area (Å²) >= 11 is 4.39. The van der Waals surface area contributed by atoms with E-state index in [1.807, 2.05) is 0 Å². The summed E-state index contributed by atoms with van der Waals surface area (Å²) in [7, 11) is 0. The van der Waals surface area contributed by atoms with Crippen LogP contribution in [0.1, 0.15) is 13.3 Å². The molecule has 0 aromatic heterocycles. The van der Waals surface area contributed by atoms with Crippen molar-refractivity contribution in [2.75, 3.05) is 13.1 Å². The Labute approximate surface area is 49.9 Å². The van der Waals surface area contributed by atoms with Gasteiger partial charge in [0.25, 0.3) is 0 Å². The summed E-state index contributed by atoms with van der Waals surface area (Å²) in [4.78, 5) is 0. The van der Waals surface area contributed by atoms with Crippen LogP contribution in [-0.2, 0) is 0 Å². The molecule has 0 spiro atoms. The second-order valence-corrected chi connectivity index (χ2v) is 3.50. The van der Waals surface area contributed by atoms with Gasteiger partial charge in [0.05, 0.1) is 0 Å². The average molecular weight is 117 g/mol. The molecule has 42 valence electrons. The molecule has 1 N–H and O–H groups in total. The lowest BCUT2D eigenvalue weighted by molar-refractivity contribution is 0.719. The fourth-order valence-corrected chi connectivity index (χ4v) is 1.03. The third-order valence-corrected chi connectivity index (χ3v) is 1.73. The van der Waals surface area contributed by atoms with Crippen LogP contribution in [0.25, 0.3) is 0 Å². The monoisotopic (exact) mass is 117 g/mol. The molecule has 1 aliphatic rings. The Morgan fingerprint density at radius 2 is 2.43 bits per heavy atom. The van der Waals surface area contributed by atoms with Crippen LogP contribution in [0.4, 0.5) is 0 Å². The van der Waals surface area contributed by atoms with Crippen LogP contribution in [0.2, 0.25) is 0 Å². The first-order valence-electron chi connectivity index (χ1n) is 2.64. The normalized spacial score (nSPS) is 42.0. The molecule has 1 heterocycles. The van der Waals surface area contributed by atoms with Crippen LogP contribution in [0.15, 0.2) is 0 Å². The van der Waals surface area contributed by atoms with Gasteiger partial charge in [-0.25, -0.2) is 0 Å². The van der Waals surface area contributed by atoms with Crippen molar-refractivity contribution in [3.63, 3.8) is 0 Å². The molecule has 1 saturated heterocycles. The molecule has 7 heavy (non-hydrogen) atoms. The van der Waals surface area contributed by atoms with Crippen molar-refractivity contribution < 1.29 is 0 Å². The number of hydrogen-bond donors (Lipinski definition) is 2. The molecule has 0 saturated carbocycles. The van der Waals surface area contributed by atoms with Crippen LogP contribution in [-0.4, -0.2) is 17.8 Å². The summed E-state index contributed by atoms with van der Waals surface area (Å²) in [6.07, 6.45) is 1.20. The fourth-order valence-electron chi connectivity index (χ4n) is 0.804. The summed E-state index contributed by atoms with van der Waals surface area (Å²) in [5.74, 6) is 0. The third kappa shape index (κ3) is 1.35. The summed E-state index contributed by atoms with van der Waals surface area (Å²) < 4.78 is 0.278. The van der Waals surface area contributed by atoms with Crippen molar-refractivity contribution in [1.82, 2.24) is 5.32 Å². The molecule has 0 bridgehead atoms. The lowest BCUT2D eigenvalue weighted by atomic mass is 10.1. The van der Waals surface area contributed by atoms with Gasteiger partial charge in [-0.2, -0.15) is 12.6 Å². The number of hydrogen-bond acceptors (Lipinski definition) is 2. The predicted octanol–water partition coefficient (Wildman–Crippen LogP) is 0.668. The van der Waals surface area contributed by atoms with Gasteiger partial charge in [0, 0.05) is 11.3 Å². The maximum Gasteiger partial charge on any atom is 0.0238 e. The van der Waals surface area contributed by atoms with E-state index in [9.17, 15) is 0 Å². The van der Waals surface area contributed by atoms with Crippen LogP contribution in [0.5, 0.6) is 0 Å². The van der Waals surface area contributed by atoms with E-state index < -0.39 is 0 Å². The second-order valence-electron chi connectivity index (χ2n) is 2.42. The first-order valence-corrected chi connectivity index (χ1v) is 3.09. The molecule has 1 atom stereocenters. The highest BCUT2D eigenvalue weighted by atomic mass is 32.1. The second kappa shape index (κ2) is 1.67. The minimum atomic E-state index is 0.278. The molecule has 1 nitrogen and oxygen atoms in total. The van der Waals surface area contributed by atoms with Crippen molar-refractivity contribution in [3.05, 3.63) is 0 Å². The van der Waals surface area contributed by atoms with E-state index in [1.165, 1.54) is 6.42 Å². The summed E-state index contributed by atoms with van der Waals surface area (Å²) in [5.41, 5.74) is 0. The van der Waals surface area contributed by atoms with Crippen molar-refractivity contribution in [1.29, 1.82) is 0 Å². The van der Waals surface area contributed by atoms with Crippen molar-refractivity contribution in [3.8, 4) is 0 Å². The standard InChI is InChI=1S/C5H11NS/c1-5(7)2-3-6-4-5/h6-7H,2-4H2,1H3/t5-/m1/s1. The lowest BCUT2D eigenvalue weighted by Crippen LogP contribution is -2.19. The Morgan fingerprint density at radius 1 is 1.71 bits per heavy atom. The first kappa shape index (κ1) is 5.45. The Kier molecular flexibility index (Phi) is 1.30.